The molecule has 1 unspecified atom stereocenters. The fraction of sp³-hybridized carbons (Fsp3) is 0.412. The van der Waals surface area contributed by atoms with Gasteiger partial charge in [0.05, 0.1) is 0 Å². The maximum atomic E-state index is 6.10. The van der Waals surface area contributed by atoms with E-state index in [2.05, 4.69) is 67.2 Å². The number of rotatable bonds is 4. The van der Waals surface area contributed by atoms with Crippen molar-refractivity contribution < 1.29 is 0 Å². The average molecular weight is 304 g/mol. The van der Waals surface area contributed by atoms with Crippen LogP contribution in [-0.4, -0.2) is 16.5 Å². The van der Waals surface area contributed by atoms with E-state index >= 15 is 0 Å². The summed E-state index contributed by atoms with van der Waals surface area (Å²) in [7, 11) is 0. The van der Waals surface area contributed by atoms with Crippen LogP contribution in [0.2, 0.25) is 5.15 Å². The molecule has 0 aliphatic heterocycles. The van der Waals surface area contributed by atoms with Crippen molar-refractivity contribution >= 4 is 17.4 Å². The zero-order chi connectivity index (χ0) is 15.5. The summed E-state index contributed by atoms with van der Waals surface area (Å²) in [4.78, 5) is 8.87. The molecule has 3 nitrogen and oxygen atoms in total. The molecule has 112 valence electrons. The third kappa shape index (κ3) is 4.43. The van der Waals surface area contributed by atoms with Crippen molar-refractivity contribution in [2.45, 2.75) is 39.0 Å². The first-order chi connectivity index (χ1) is 9.86. The van der Waals surface area contributed by atoms with Gasteiger partial charge in [-0.1, -0.05) is 69.6 Å². The Bertz CT molecular complexity index is 591. The van der Waals surface area contributed by atoms with Gasteiger partial charge in [0.1, 0.15) is 16.8 Å². The zero-order valence-corrected chi connectivity index (χ0v) is 13.8. The van der Waals surface area contributed by atoms with Gasteiger partial charge in [-0.3, -0.25) is 0 Å². The van der Waals surface area contributed by atoms with Crippen LogP contribution in [-0.2, 0) is 5.41 Å². The van der Waals surface area contributed by atoms with Crippen molar-refractivity contribution in [3.63, 3.8) is 0 Å². The van der Waals surface area contributed by atoms with Crippen LogP contribution >= 0.6 is 11.6 Å². The molecule has 0 radical (unpaired) electrons. The first kappa shape index (κ1) is 15.8. The Morgan fingerprint density at radius 3 is 2.43 bits per heavy atom. The molecule has 1 aromatic carbocycles. The van der Waals surface area contributed by atoms with Gasteiger partial charge in [-0.15, -0.1) is 0 Å². The molecule has 0 amide bonds. The van der Waals surface area contributed by atoms with Crippen molar-refractivity contribution in [1.29, 1.82) is 0 Å². The molecule has 2 rings (SSSR count). The molecular weight excluding hydrogens is 282 g/mol. The number of aromatic nitrogens is 2. The average Bonchev–Trinajstić information content (AvgIpc) is 2.44. The predicted octanol–water partition coefficient (Wildman–Crippen LogP) is 4.64. The molecule has 0 aliphatic rings. The van der Waals surface area contributed by atoms with E-state index in [0.717, 1.165) is 18.2 Å². The lowest BCUT2D eigenvalue weighted by molar-refractivity contribution is 0.545. The number of benzene rings is 1. The summed E-state index contributed by atoms with van der Waals surface area (Å²) in [6.07, 6.45) is 0. The Morgan fingerprint density at radius 1 is 1.14 bits per heavy atom. The fourth-order valence-corrected chi connectivity index (χ4v) is 2.18. The van der Waals surface area contributed by atoms with Gasteiger partial charge in [0.15, 0.2) is 0 Å². The molecule has 21 heavy (non-hydrogen) atoms. The molecule has 1 N–H and O–H groups in total. The van der Waals surface area contributed by atoms with E-state index in [1.165, 1.54) is 5.56 Å². The predicted molar refractivity (Wildman–Crippen MR) is 89.1 cm³/mol. The van der Waals surface area contributed by atoms with Gasteiger partial charge in [-0.25, -0.2) is 9.97 Å². The third-order valence-corrected chi connectivity index (χ3v) is 3.52. The van der Waals surface area contributed by atoms with Crippen LogP contribution in [0.25, 0.3) is 0 Å². The van der Waals surface area contributed by atoms with Crippen molar-refractivity contribution in [2.24, 2.45) is 0 Å². The minimum atomic E-state index is -0.119. The van der Waals surface area contributed by atoms with Gasteiger partial charge in [0.2, 0.25) is 0 Å². The summed E-state index contributed by atoms with van der Waals surface area (Å²) in [5, 5.41) is 3.84. The van der Waals surface area contributed by atoms with Crippen LogP contribution in [0.4, 0.5) is 5.82 Å². The van der Waals surface area contributed by atoms with Gasteiger partial charge in [0.25, 0.3) is 0 Å². The molecule has 0 spiro atoms. The first-order valence-electron chi connectivity index (χ1n) is 7.20. The topological polar surface area (TPSA) is 37.8 Å². The standard InChI is InChI=1S/C17H22ClN3/c1-12(13-8-6-5-7-9-13)11-19-15-10-14(18)20-16(21-15)17(2,3)4/h5-10,12H,11H2,1-4H3,(H,19,20,21). The second-order valence-corrected chi connectivity index (χ2v) is 6.73. The zero-order valence-electron chi connectivity index (χ0n) is 13.0. The number of anilines is 1. The molecule has 4 heteroatoms. The summed E-state index contributed by atoms with van der Waals surface area (Å²) in [6.45, 7) is 9.23. The Kier molecular flexibility index (Phi) is 4.84. The van der Waals surface area contributed by atoms with E-state index < -0.39 is 0 Å². The summed E-state index contributed by atoms with van der Waals surface area (Å²) in [5.41, 5.74) is 1.19. The molecule has 0 fully saturated rings. The van der Waals surface area contributed by atoms with Crippen molar-refractivity contribution in [1.82, 2.24) is 9.97 Å². The number of halogens is 1. The highest BCUT2D eigenvalue weighted by Crippen LogP contribution is 2.23. The number of nitrogens with one attached hydrogen (secondary N) is 1. The molecule has 0 aliphatic carbocycles. The van der Waals surface area contributed by atoms with Crippen LogP contribution < -0.4 is 5.32 Å². The molecule has 0 saturated carbocycles. The maximum absolute atomic E-state index is 6.10. The summed E-state index contributed by atoms with van der Waals surface area (Å²) in [5.74, 6) is 1.94. The summed E-state index contributed by atoms with van der Waals surface area (Å²) in [6, 6.07) is 12.2. The normalized spacial score (nSPS) is 13.0. The smallest absolute Gasteiger partial charge is 0.137 e. The van der Waals surface area contributed by atoms with Gasteiger partial charge in [-0.05, 0) is 11.5 Å². The van der Waals surface area contributed by atoms with Crippen LogP contribution in [0.3, 0.4) is 0 Å². The van der Waals surface area contributed by atoms with Crippen molar-refractivity contribution in [3.05, 3.63) is 52.9 Å². The molecule has 2 aromatic rings. The number of hydrogen-bond donors (Lipinski definition) is 1. The maximum Gasteiger partial charge on any atom is 0.137 e. The Hall–Kier alpha value is -1.61. The number of nitrogens with zero attached hydrogens (tertiary/aromatic N) is 2. The Balaban J connectivity index is 2.08. The van der Waals surface area contributed by atoms with E-state index in [-0.39, 0.29) is 5.41 Å². The fourth-order valence-electron chi connectivity index (χ4n) is 2.00. The number of hydrogen-bond acceptors (Lipinski definition) is 3. The lowest BCUT2D eigenvalue weighted by Gasteiger charge is -2.19. The van der Waals surface area contributed by atoms with E-state index in [1.807, 2.05) is 6.07 Å². The van der Waals surface area contributed by atoms with Crippen LogP contribution in [0.1, 0.15) is 45.0 Å². The van der Waals surface area contributed by atoms with Crippen molar-refractivity contribution in [2.75, 3.05) is 11.9 Å². The monoisotopic (exact) mass is 303 g/mol. The van der Waals surface area contributed by atoms with E-state index in [4.69, 9.17) is 11.6 Å². The van der Waals surface area contributed by atoms with Crippen molar-refractivity contribution in [3.8, 4) is 0 Å². The second kappa shape index (κ2) is 6.44. The molecule has 1 aromatic heterocycles. The van der Waals surface area contributed by atoms with E-state index in [1.54, 1.807) is 6.07 Å². The third-order valence-electron chi connectivity index (χ3n) is 3.32. The van der Waals surface area contributed by atoms with E-state index in [0.29, 0.717) is 11.1 Å². The van der Waals surface area contributed by atoms with Crippen LogP contribution in [0.15, 0.2) is 36.4 Å². The summed E-state index contributed by atoms with van der Waals surface area (Å²) >= 11 is 6.10. The lowest BCUT2D eigenvalue weighted by atomic mass is 9.96. The largest absolute Gasteiger partial charge is 0.369 e. The molecule has 1 heterocycles. The van der Waals surface area contributed by atoms with Gasteiger partial charge in [0, 0.05) is 18.0 Å². The molecule has 0 saturated heterocycles. The van der Waals surface area contributed by atoms with Crippen LogP contribution in [0.5, 0.6) is 0 Å². The quantitative estimate of drug-likeness (QED) is 0.836. The Labute approximate surface area is 131 Å². The minimum Gasteiger partial charge on any atom is -0.369 e. The van der Waals surface area contributed by atoms with Crippen LogP contribution in [0, 0.1) is 0 Å². The van der Waals surface area contributed by atoms with Gasteiger partial charge >= 0.3 is 0 Å². The highest BCUT2D eigenvalue weighted by molar-refractivity contribution is 6.29. The SMILES string of the molecule is CC(CNc1cc(Cl)nc(C(C)(C)C)n1)c1ccccc1. The van der Waals surface area contributed by atoms with Gasteiger partial charge in [-0.2, -0.15) is 0 Å². The highest BCUT2D eigenvalue weighted by atomic mass is 35.5. The molecule has 1 atom stereocenters. The lowest BCUT2D eigenvalue weighted by Crippen LogP contribution is -2.18. The van der Waals surface area contributed by atoms with Gasteiger partial charge < -0.3 is 5.32 Å². The highest BCUT2D eigenvalue weighted by Gasteiger charge is 2.19. The molecular formula is C17H22ClN3. The molecule has 0 bridgehead atoms. The first-order valence-corrected chi connectivity index (χ1v) is 7.58. The summed E-state index contributed by atoms with van der Waals surface area (Å²) < 4.78 is 0. The van der Waals surface area contributed by atoms with E-state index in [9.17, 15) is 0 Å². The Morgan fingerprint density at radius 2 is 1.81 bits per heavy atom. The second-order valence-electron chi connectivity index (χ2n) is 6.34. The minimum absolute atomic E-state index is 0.119.